The lowest BCUT2D eigenvalue weighted by Gasteiger charge is -1.99. The van der Waals surface area contributed by atoms with Crippen LogP contribution in [-0.2, 0) is 9.53 Å². The number of rotatable bonds is 2. The van der Waals surface area contributed by atoms with Crippen LogP contribution in [-0.4, -0.2) is 11.9 Å². The first-order valence-corrected chi connectivity index (χ1v) is 6.47. The van der Waals surface area contributed by atoms with Crippen molar-refractivity contribution in [2.24, 2.45) is 4.99 Å². The van der Waals surface area contributed by atoms with Crippen LogP contribution in [0.3, 0.4) is 0 Å². The van der Waals surface area contributed by atoms with E-state index in [1.165, 1.54) is 12.1 Å². The van der Waals surface area contributed by atoms with Gasteiger partial charge in [-0.05, 0) is 31.2 Å². The van der Waals surface area contributed by atoms with Crippen LogP contribution in [0.15, 0.2) is 59.2 Å². The minimum Gasteiger partial charge on any atom is -0.402 e. The summed E-state index contributed by atoms with van der Waals surface area (Å²) in [6, 6.07) is 13.7. The molecule has 0 atom stereocenters. The number of ether oxygens (including phenoxy) is 1. The number of esters is 1. The van der Waals surface area contributed by atoms with Gasteiger partial charge in [-0.25, -0.2) is 14.2 Å². The van der Waals surface area contributed by atoms with Gasteiger partial charge in [0.1, 0.15) is 5.82 Å². The van der Waals surface area contributed by atoms with E-state index in [2.05, 4.69) is 4.99 Å². The molecule has 1 heterocycles. The summed E-state index contributed by atoms with van der Waals surface area (Å²) in [7, 11) is 0. The van der Waals surface area contributed by atoms with Gasteiger partial charge in [0, 0.05) is 11.1 Å². The molecular weight excluding hydrogens is 269 g/mol. The summed E-state index contributed by atoms with van der Waals surface area (Å²) in [6.07, 6.45) is 1.39. The molecule has 0 fully saturated rings. The first-order chi connectivity index (χ1) is 10.1. The number of aryl methyl sites for hydroxylation is 1. The van der Waals surface area contributed by atoms with Crippen LogP contribution in [0.5, 0.6) is 0 Å². The molecule has 0 aromatic heterocycles. The second-order valence-corrected chi connectivity index (χ2v) is 4.72. The summed E-state index contributed by atoms with van der Waals surface area (Å²) in [4.78, 5) is 16.0. The maximum absolute atomic E-state index is 13.6. The molecule has 0 unspecified atom stereocenters. The van der Waals surface area contributed by atoms with Gasteiger partial charge in [-0.2, -0.15) is 0 Å². The van der Waals surface area contributed by atoms with Crippen LogP contribution in [0.25, 0.3) is 6.08 Å². The highest BCUT2D eigenvalue weighted by Crippen LogP contribution is 2.20. The van der Waals surface area contributed by atoms with Crippen LogP contribution < -0.4 is 0 Å². The standard InChI is InChI=1S/C17H12FNO2/c1-11-6-8-12(9-7-11)16-19-15(17(20)21-16)10-13-4-2-3-5-14(13)18/h2-10H,1H3/b15-10+. The van der Waals surface area contributed by atoms with E-state index in [1.807, 2.05) is 31.2 Å². The number of halogens is 1. The van der Waals surface area contributed by atoms with Gasteiger partial charge in [0.15, 0.2) is 5.70 Å². The summed E-state index contributed by atoms with van der Waals surface area (Å²) in [5, 5.41) is 0. The largest absolute Gasteiger partial charge is 0.402 e. The van der Waals surface area contributed by atoms with Crippen LogP contribution in [0.1, 0.15) is 16.7 Å². The number of carbonyl (C=O) groups is 1. The maximum atomic E-state index is 13.6. The lowest BCUT2D eigenvalue weighted by molar-refractivity contribution is -0.129. The molecule has 0 spiro atoms. The maximum Gasteiger partial charge on any atom is 0.363 e. The van der Waals surface area contributed by atoms with E-state index in [1.54, 1.807) is 18.2 Å². The van der Waals surface area contributed by atoms with E-state index in [-0.39, 0.29) is 11.6 Å². The van der Waals surface area contributed by atoms with Crippen molar-refractivity contribution in [2.45, 2.75) is 6.92 Å². The quantitative estimate of drug-likeness (QED) is 0.624. The molecule has 0 aliphatic carbocycles. The fourth-order valence-electron chi connectivity index (χ4n) is 1.97. The third-order valence-electron chi connectivity index (χ3n) is 3.12. The van der Waals surface area contributed by atoms with Crippen molar-refractivity contribution in [3.05, 3.63) is 76.7 Å². The Morgan fingerprint density at radius 2 is 1.81 bits per heavy atom. The normalized spacial score (nSPS) is 16.0. The average molecular weight is 281 g/mol. The van der Waals surface area contributed by atoms with Gasteiger partial charge >= 0.3 is 5.97 Å². The molecule has 2 aromatic rings. The van der Waals surface area contributed by atoms with Gasteiger partial charge in [0.2, 0.25) is 5.90 Å². The Labute approximate surface area is 121 Å². The van der Waals surface area contributed by atoms with Gasteiger partial charge in [0.25, 0.3) is 0 Å². The predicted octanol–water partition coefficient (Wildman–Crippen LogP) is 3.48. The Morgan fingerprint density at radius 1 is 1.10 bits per heavy atom. The minimum atomic E-state index is -0.575. The zero-order chi connectivity index (χ0) is 14.8. The number of nitrogens with zero attached hydrogens (tertiary/aromatic N) is 1. The molecule has 0 bridgehead atoms. The fraction of sp³-hybridized carbons (Fsp3) is 0.0588. The van der Waals surface area contributed by atoms with Crippen LogP contribution in [0.4, 0.5) is 4.39 Å². The summed E-state index contributed by atoms with van der Waals surface area (Å²) in [5.41, 5.74) is 2.21. The molecule has 4 heteroatoms. The van der Waals surface area contributed by atoms with Gasteiger partial charge in [-0.1, -0.05) is 35.9 Å². The van der Waals surface area contributed by atoms with E-state index in [0.29, 0.717) is 11.1 Å². The summed E-state index contributed by atoms with van der Waals surface area (Å²) < 4.78 is 18.7. The zero-order valence-corrected chi connectivity index (χ0v) is 11.3. The third kappa shape index (κ3) is 2.74. The van der Waals surface area contributed by atoms with E-state index >= 15 is 0 Å². The lowest BCUT2D eigenvalue weighted by Crippen LogP contribution is -2.05. The molecule has 104 valence electrons. The predicted molar refractivity (Wildman–Crippen MR) is 78.2 cm³/mol. The SMILES string of the molecule is Cc1ccc(C2=N/C(=C/c3ccccc3F)C(=O)O2)cc1. The van der Waals surface area contributed by atoms with Crippen molar-refractivity contribution in [1.82, 2.24) is 0 Å². The molecular formula is C17H12FNO2. The van der Waals surface area contributed by atoms with Crippen molar-refractivity contribution in [3.8, 4) is 0 Å². The molecule has 3 rings (SSSR count). The van der Waals surface area contributed by atoms with Gasteiger partial charge in [-0.15, -0.1) is 0 Å². The first-order valence-electron chi connectivity index (χ1n) is 6.47. The highest BCUT2D eigenvalue weighted by atomic mass is 19.1. The monoisotopic (exact) mass is 281 g/mol. The third-order valence-corrected chi connectivity index (χ3v) is 3.12. The van der Waals surface area contributed by atoms with E-state index < -0.39 is 11.8 Å². The summed E-state index contributed by atoms with van der Waals surface area (Å²) >= 11 is 0. The zero-order valence-electron chi connectivity index (χ0n) is 11.3. The van der Waals surface area contributed by atoms with Gasteiger partial charge in [-0.3, -0.25) is 0 Å². The Balaban J connectivity index is 1.96. The number of carbonyl (C=O) groups excluding carboxylic acids is 1. The molecule has 2 aromatic carbocycles. The molecule has 1 aliphatic heterocycles. The van der Waals surface area contributed by atoms with Crippen LogP contribution in [0.2, 0.25) is 0 Å². The molecule has 0 saturated heterocycles. The van der Waals surface area contributed by atoms with Crippen LogP contribution in [0, 0.1) is 12.7 Å². The number of aliphatic imine (C=N–C) groups is 1. The van der Waals surface area contributed by atoms with Crippen molar-refractivity contribution in [1.29, 1.82) is 0 Å². The molecule has 1 aliphatic rings. The molecule has 21 heavy (non-hydrogen) atoms. The molecule has 0 saturated carbocycles. The van der Waals surface area contributed by atoms with Crippen molar-refractivity contribution in [3.63, 3.8) is 0 Å². The second kappa shape index (κ2) is 5.32. The highest BCUT2D eigenvalue weighted by molar-refractivity contribution is 6.12. The molecule has 0 N–H and O–H groups in total. The number of hydrogen-bond acceptors (Lipinski definition) is 3. The fourth-order valence-corrected chi connectivity index (χ4v) is 1.97. The Morgan fingerprint density at radius 3 is 2.52 bits per heavy atom. The van der Waals surface area contributed by atoms with E-state index in [0.717, 1.165) is 5.56 Å². The van der Waals surface area contributed by atoms with E-state index in [9.17, 15) is 9.18 Å². The lowest BCUT2D eigenvalue weighted by atomic mass is 10.1. The Kier molecular flexibility index (Phi) is 3.36. The Hall–Kier alpha value is -2.75. The number of benzene rings is 2. The topological polar surface area (TPSA) is 38.7 Å². The van der Waals surface area contributed by atoms with Crippen molar-refractivity contribution in [2.75, 3.05) is 0 Å². The van der Waals surface area contributed by atoms with Crippen molar-refractivity contribution >= 4 is 17.9 Å². The minimum absolute atomic E-state index is 0.0932. The summed E-state index contributed by atoms with van der Waals surface area (Å²) in [5.74, 6) is -0.742. The highest BCUT2D eigenvalue weighted by Gasteiger charge is 2.24. The Bertz CT molecular complexity index is 761. The van der Waals surface area contributed by atoms with Crippen molar-refractivity contribution < 1.29 is 13.9 Å². The van der Waals surface area contributed by atoms with Crippen LogP contribution >= 0.6 is 0 Å². The van der Waals surface area contributed by atoms with Gasteiger partial charge < -0.3 is 4.74 Å². The average Bonchev–Trinajstić information content (AvgIpc) is 2.83. The molecule has 0 amide bonds. The smallest absolute Gasteiger partial charge is 0.363 e. The van der Waals surface area contributed by atoms with Gasteiger partial charge in [0.05, 0.1) is 0 Å². The number of hydrogen-bond donors (Lipinski definition) is 0. The molecule has 3 nitrogen and oxygen atoms in total. The summed E-state index contributed by atoms with van der Waals surface area (Å²) in [6.45, 7) is 1.97. The van der Waals surface area contributed by atoms with E-state index in [4.69, 9.17) is 4.74 Å². The number of cyclic esters (lactones) is 1. The second-order valence-electron chi connectivity index (χ2n) is 4.72. The molecule has 0 radical (unpaired) electrons. The first kappa shape index (κ1) is 13.2.